The SMILES string of the molecule is CC1(C)Cc2c(-c3nn(Cc4nc5cccc(C#CCN6CCOCC6)c5c(=O)n4C4(c5ccsc5)CC4)c4ncnc(N)c34)ccc(O)c2O1. The largest absolute Gasteiger partial charge is 0.504 e. The summed E-state index contributed by atoms with van der Waals surface area (Å²) in [6, 6.07) is 11.2. The fourth-order valence-corrected chi connectivity index (χ4v) is 8.30. The van der Waals surface area contributed by atoms with Crippen molar-refractivity contribution < 1.29 is 14.6 Å². The average Bonchev–Trinajstić information content (AvgIpc) is 3.40. The van der Waals surface area contributed by atoms with Crippen molar-refractivity contribution in [2.45, 2.75) is 50.8 Å². The number of phenolic OH excluding ortho intramolecular Hbond substituents is 1. The smallest absolute Gasteiger partial charge is 0.263 e. The Kier molecular flexibility index (Phi) is 7.39. The van der Waals surface area contributed by atoms with E-state index < -0.39 is 11.1 Å². The Balaban J connectivity index is 1.21. The summed E-state index contributed by atoms with van der Waals surface area (Å²) < 4.78 is 15.2. The number of hydrogen-bond donors (Lipinski definition) is 2. The maximum atomic E-state index is 14.9. The highest BCUT2D eigenvalue weighted by atomic mass is 32.1. The molecule has 0 unspecified atom stereocenters. The van der Waals surface area contributed by atoms with Gasteiger partial charge in [0.15, 0.2) is 17.1 Å². The third-order valence-corrected chi connectivity index (χ3v) is 10.8. The van der Waals surface area contributed by atoms with Gasteiger partial charge in [-0.1, -0.05) is 17.9 Å². The van der Waals surface area contributed by atoms with Crippen LogP contribution < -0.4 is 16.0 Å². The molecule has 0 radical (unpaired) electrons. The highest BCUT2D eigenvalue weighted by molar-refractivity contribution is 7.08. The summed E-state index contributed by atoms with van der Waals surface area (Å²) in [7, 11) is 0. The number of thiophene rings is 1. The number of aromatic hydroxyl groups is 1. The Morgan fingerprint density at radius 1 is 1.08 bits per heavy atom. The van der Waals surface area contributed by atoms with E-state index in [9.17, 15) is 9.90 Å². The summed E-state index contributed by atoms with van der Waals surface area (Å²) >= 11 is 1.61. The molecule has 13 heteroatoms. The molecule has 12 nitrogen and oxygen atoms in total. The van der Waals surface area contributed by atoms with Gasteiger partial charge in [-0.25, -0.2) is 19.6 Å². The monoisotopic (exact) mass is 700 g/mol. The molecule has 2 aromatic carbocycles. The first kappa shape index (κ1) is 31.7. The van der Waals surface area contributed by atoms with Gasteiger partial charge in [-0.05, 0) is 73.3 Å². The van der Waals surface area contributed by atoms with Gasteiger partial charge < -0.3 is 20.3 Å². The van der Waals surface area contributed by atoms with Crippen molar-refractivity contribution in [2.24, 2.45) is 0 Å². The first-order valence-corrected chi connectivity index (χ1v) is 18.0. The summed E-state index contributed by atoms with van der Waals surface area (Å²) in [5.41, 5.74) is 10.4. The molecule has 6 heterocycles. The molecule has 2 fully saturated rings. The second-order valence-corrected chi connectivity index (χ2v) is 14.8. The Bertz CT molecular complexity index is 2470. The second-order valence-electron chi connectivity index (χ2n) is 14.0. The third kappa shape index (κ3) is 5.33. The molecule has 0 amide bonds. The molecule has 1 saturated heterocycles. The Labute approximate surface area is 297 Å². The molecule has 3 N–H and O–H groups in total. The van der Waals surface area contributed by atoms with Crippen LogP contribution in [0.25, 0.3) is 33.2 Å². The quantitative estimate of drug-likeness (QED) is 0.238. The molecule has 258 valence electrons. The van der Waals surface area contributed by atoms with Gasteiger partial charge in [0.25, 0.3) is 5.56 Å². The number of ether oxygens (including phenoxy) is 2. The molecule has 51 heavy (non-hydrogen) atoms. The van der Waals surface area contributed by atoms with Gasteiger partial charge >= 0.3 is 0 Å². The number of phenols is 1. The summed E-state index contributed by atoms with van der Waals surface area (Å²) in [5.74, 6) is 7.95. The maximum absolute atomic E-state index is 14.9. The maximum Gasteiger partial charge on any atom is 0.263 e. The zero-order chi connectivity index (χ0) is 34.9. The van der Waals surface area contributed by atoms with Crippen LogP contribution >= 0.6 is 11.3 Å². The van der Waals surface area contributed by atoms with E-state index in [0.717, 1.165) is 42.6 Å². The minimum Gasteiger partial charge on any atom is -0.504 e. The van der Waals surface area contributed by atoms with Crippen LogP contribution in [0, 0.1) is 11.8 Å². The van der Waals surface area contributed by atoms with E-state index in [1.165, 1.54) is 6.33 Å². The van der Waals surface area contributed by atoms with Crippen molar-refractivity contribution in [2.75, 3.05) is 38.6 Å². The van der Waals surface area contributed by atoms with Gasteiger partial charge in [-0.3, -0.25) is 14.3 Å². The molecule has 9 rings (SSSR count). The molecule has 2 aliphatic heterocycles. The second kappa shape index (κ2) is 11.9. The molecule has 3 aliphatic rings. The average molecular weight is 701 g/mol. The van der Waals surface area contributed by atoms with Crippen LogP contribution in [0.1, 0.15) is 49.2 Å². The highest BCUT2D eigenvalue weighted by Gasteiger charge is 2.49. The Morgan fingerprint density at radius 2 is 1.92 bits per heavy atom. The minimum absolute atomic E-state index is 0.0741. The Morgan fingerprint density at radius 3 is 2.71 bits per heavy atom. The van der Waals surface area contributed by atoms with Crippen molar-refractivity contribution in [3.05, 3.63) is 86.4 Å². The first-order chi connectivity index (χ1) is 24.7. The van der Waals surface area contributed by atoms with Gasteiger partial charge in [0.1, 0.15) is 35.8 Å². The predicted octanol–water partition coefficient (Wildman–Crippen LogP) is 4.54. The lowest BCUT2D eigenvalue weighted by molar-refractivity contribution is 0.0443. The van der Waals surface area contributed by atoms with Crippen LogP contribution in [0.4, 0.5) is 5.82 Å². The number of anilines is 1. The zero-order valence-electron chi connectivity index (χ0n) is 28.3. The molecular weight excluding hydrogens is 665 g/mol. The number of benzene rings is 2. The minimum atomic E-state index is -0.525. The van der Waals surface area contributed by atoms with Crippen LogP contribution in [-0.4, -0.2) is 77.8 Å². The number of fused-ring (bicyclic) bond motifs is 3. The van der Waals surface area contributed by atoms with Crippen LogP contribution in [0.2, 0.25) is 0 Å². The molecular formula is C38H36N8O4S. The van der Waals surface area contributed by atoms with Gasteiger partial charge in [0.2, 0.25) is 0 Å². The van der Waals surface area contributed by atoms with Crippen LogP contribution in [-0.2, 0) is 23.2 Å². The number of rotatable bonds is 6. The summed E-state index contributed by atoms with van der Waals surface area (Å²) in [4.78, 5) is 31.3. The summed E-state index contributed by atoms with van der Waals surface area (Å²) in [6.07, 6.45) is 3.61. The van der Waals surface area contributed by atoms with Crippen molar-refractivity contribution in [3.8, 4) is 34.6 Å². The number of nitrogens with two attached hydrogens (primary N) is 1. The van der Waals surface area contributed by atoms with Crippen molar-refractivity contribution in [1.82, 2.24) is 34.2 Å². The van der Waals surface area contributed by atoms with Crippen molar-refractivity contribution in [3.63, 3.8) is 0 Å². The van der Waals surface area contributed by atoms with Crippen molar-refractivity contribution in [1.29, 1.82) is 0 Å². The normalized spacial score (nSPS) is 17.6. The number of nitrogen functional groups attached to an aromatic ring is 1. The van der Waals surface area contributed by atoms with Crippen LogP contribution in [0.5, 0.6) is 11.5 Å². The fourth-order valence-electron chi connectivity index (χ4n) is 7.55. The summed E-state index contributed by atoms with van der Waals surface area (Å²) in [5, 5.41) is 21.0. The van der Waals surface area contributed by atoms with Crippen LogP contribution in [0.3, 0.4) is 0 Å². The first-order valence-electron chi connectivity index (χ1n) is 17.1. The highest BCUT2D eigenvalue weighted by Crippen LogP contribution is 2.50. The molecule has 1 saturated carbocycles. The molecule has 4 aromatic heterocycles. The van der Waals surface area contributed by atoms with Crippen LogP contribution in [0.15, 0.2) is 58.3 Å². The molecule has 0 atom stereocenters. The number of hydrogen-bond acceptors (Lipinski definition) is 11. The van der Waals surface area contributed by atoms with E-state index in [4.69, 9.17) is 25.3 Å². The van der Waals surface area contributed by atoms with E-state index in [2.05, 4.69) is 38.2 Å². The van der Waals surface area contributed by atoms with E-state index in [1.807, 2.05) is 48.1 Å². The van der Waals surface area contributed by atoms with Gasteiger partial charge in [0.05, 0.1) is 41.6 Å². The summed E-state index contributed by atoms with van der Waals surface area (Å²) in [6.45, 7) is 7.81. The molecule has 0 spiro atoms. The van der Waals surface area contributed by atoms with Crippen molar-refractivity contribution >= 4 is 39.1 Å². The predicted molar refractivity (Wildman–Crippen MR) is 195 cm³/mol. The lowest BCUT2D eigenvalue weighted by Gasteiger charge is -2.24. The third-order valence-electron chi connectivity index (χ3n) is 10.1. The van der Waals surface area contributed by atoms with Gasteiger partial charge in [0, 0.05) is 36.2 Å². The Hall–Kier alpha value is -5.29. The fraction of sp³-hybridized carbons (Fsp3) is 0.342. The lowest BCUT2D eigenvalue weighted by atomic mass is 9.95. The standard InChI is InChI=1S/C38H36N8O4S/c1-37(2)19-26-25(8-9-28(47)33(26)50-37)32-31-34(39)40-22-41-35(31)45(43-32)20-29-42-27-7-3-5-23(6-4-13-44-14-16-49-17-15-44)30(27)36(48)46(29)38(11-12-38)24-10-18-51-21-24/h3,5,7-10,18,21-22,47H,11-17,19-20H2,1-2H3,(H2,39,40,41). The van der Waals surface area contributed by atoms with Gasteiger partial charge in [-0.15, -0.1) is 0 Å². The number of aromatic nitrogens is 6. The van der Waals surface area contributed by atoms with E-state index in [-0.39, 0.29) is 23.7 Å². The topological polar surface area (TPSA) is 146 Å². The molecule has 1 aliphatic carbocycles. The van der Waals surface area contributed by atoms with E-state index in [0.29, 0.717) is 70.9 Å². The van der Waals surface area contributed by atoms with E-state index >= 15 is 0 Å². The zero-order valence-corrected chi connectivity index (χ0v) is 29.2. The lowest BCUT2D eigenvalue weighted by Crippen LogP contribution is -2.36. The van der Waals surface area contributed by atoms with Gasteiger partial charge in [-0.2, -0.15) is 16.4 Å². The molecule has 0 bridgehead atoms. The number of morpholine rings is 1. The molecule has 6 aromatic rings. The van der Waals surface area contributed by atoms with E-state index in [1.54, 1.807) is 22.1 Å². The number of nitrogens with zero attached hydrogens (tertiary/aromatic N) is 7.